The zero-order valence-electron chi connectivity index (χ0n) is 11.9. The lowest BCUT2D eigenvalue weighted by atomic mass is 10.0. The molecular weight excluding hydrogens is 248 g/mol. The van der Waals surface area contributed by atoms with Gasteiger partial charge in [0.15, 0.2) is 0 Å². The Morgan fingerprint density at radius 1 is 1.35 bits per heavy atom. The number of nitrogens with one attached hydrogen (secondary N) is 1. The monoisotopic (exact) mass is 270 g/mol. The summed E-state index contributed by atoms with van der Waals surface area (Å²) < 4.78 is 0. The summed E-state index contributed by atoms with van der Waals surface area (Å²) in [5.74, 6) is 0. The topological polar surface area (TPSA) is 52.0 Å². The molecule has 0 spiro atoms. The SMILES string of the molecule is N#Cc1cc(CN2CCCCC2CNC2CC2)ccn1. The first kappa shape index (κ1) is 13.5. The van der Waals surface area contributed by atoms with E-state index in [0.717, 1.165) is 19.1 Å². The molecule has 2 fully saturated rings. The Morgan fingerprint density at radius 3 is 3.05 bits per heavy atom. The van der Waals surface area contributed by atoms with Crippen LogP contribution in [0.4, 0.5) is 0 Å². The van der Waals surface area contributed by atoms with Gasteiger partial charge in [-0.2, -0.15) is 5.26 Å². The molecule has 4 heteroatoms. The van der Waals surface area contributed by atoms with Crippen molar-refractivity contribution < 1.29 is 0 Å². The summed E-state index contributed by atoms with van der Waals surface area (Å²) in [5, 5.41) is 12.6. The standard InChI is InChI=1S/C16H22N4/c17-10-15-9-13(6-7-18-15)12-20-8-2-1-3-16(20)11-19-14-4-5-14/h6-7,9,14,16,19H,1-5,8,11-12H2. The van der Waals surface area contributed by atoms with Crippen molar-refractivity contribution in [2.24, 2.45) is 0 Å². The number of pyridine rings is 1. The van der Waals surface area contributed by atoms with E-state index in [2.05, 4.69) is 21.3 Å². The van der Waals surface area contributed by atoms with E-state index in [1.54, 1.807) is 6.20 Å². The van der Waals surface area contributed by atoms with Gasteiger partial charge in [0.05, 0.1) is 0 Å². The van der Waals surface area contributed by atoms with Crippen LogP contribution in [-0.2, 0) is 6.54 Å². The quantitative estimate of drug-likeness (QED) is 0.890. The van der Waals surface area contributed by atoms with Crippen molar-refractivity contribution in [3.63, 3.8) is 0 Å². The lowest BCUT2D eigenvalue weighted by Crippen LogP contribution is -2.45. The summed E-state index contributed by atoms with van der Waals surface area (Å²) in [5.41, 5.74) is 1.72. The third-order valence-corrected chi connectivity index (χ3v) is 4.29. The van der Waals surface area contributed by atoms with Crippen molar-refractivity contribution in [2.75, 3.05) is 13.1 Å². The molecule has 1 saturated carbocycles. The van der Waals surface area contributed by atoms with E-state index in [1.165, 1.54) is 44.2 Å². The van der Waals surface area contributed by atoms with Gasteiger partial charge < -0.3 is 5.32 Å². The van der Waals surface area contributed by atoms with Crippen LogP contribution in [0.2, 0.25) is 0 Å². The Morgan fingerprint density at radius 2 is 2.25 bits per heavy atom. The minimum absolute atomic E-state index is 0.521. The first-order valence-corrected chi connectivity index (χ1v) is 7.67. The number of piperidine rings is 1. The van der Waals surface area contributed by atoms with Crippen molar-refractivity contribution in [3.05, 3.63) is 29.6 Å². The van der Waals surface area contributed by atoms with E-state index in [1.807, 2.05) is 12.1 Å². The highest BCUT2D eigenvalue weighted by molar-refractivity contribution is 5.25. The summed E-state index contributed by atoms with van der Waals surface area (Å²) >= 11 is 0. The minimum Gasteiger partial charge on any atom is -0.312 e. The molecule has 0 radical (unpaired) electrons. The van der Waals surface area contributed by atoms with Crippen LogP contribution < -0.4 is 5.32 Å². The molecule has 1 aromatic heterocycles. The van der Waals surface area contributed by atoms with Gasteiger partial charge in [-0.25, -0.2) is 4.98 Å². The van der Waals surface area contributed by atoms with Crippen LogP contribution in [0.3, 0.4) is 0 Å². The molecule has 20 heavy (non-hydrogen) atoms. The van der Waals surface area contributed by atoms with Crippen molar-refractivity contribution >= 4 is 0 Å². The molecular formula is C16H22N4. The zero-order chi connectivity index (χ0) is 13.8. The maximum Gasteiger partial charge on any atom is 0.140 e. The van der Waals surface area contributed by atoms with Crippen LogP contribution in [0.5, 0.6) is 0 Å². The average Bonchev–Trinajstić information content (AvgIpc) is 3.31. The summed E-state index contributed by atoms with van der Waals surface area (Å²) in [7, 11) is 0. The molecule has 1 unspecified atom stereocenters. The van der Waals surface area contributed by atoms with Crippen molar-refractivity contribution in [3.8, 4) is 6.07 Å². The molecule has 1 aromatic rings. The van der Waals surface area contributed by atoms with Crippen LogP contribution in [0.1, 0.15) is 43.4 Å². The summed E-state index contributed by atoms with van der Waals surface area (Å²) in [4.78, 5) is 6.61. The molecule has 1 atom stereocenters. The number of hydrogen-bond acceptors (Lipinski definition) is 4. The van der Waals surface area contributed by atoms with Crippen LogP contribution in [-0.4, -0.2) is 35.1 Å². The van der Waals surface area contributed by atoms with E-state index >= 15 is 0 Å². The van der Waals surface area contributed by atoms with Gasteiger partial charge >= 0.3 is 0 Å². The molecule has 106 valence electrons. The lowest BCUT2D eigenvalue weighted by molar-refractivity contribution is 0.137. The number of nitriles is 1. The van der Waals surface area contributed by atoms with E-state index in [4.69, 9.17) is 5.26 Å². The summed E-state index contributed by atoms with van der Waals surface area (Å²) in [6.07, 6.45) is 8.36. The first-order chi connectivity index (χ1) is 9.85. The fraction of sp³-hybridized carbons (Fsp3) is 0.625. The Bertz CT molecular complexity index is 489. The molecule has 2 aliphatic rings. The van der Waals surface area contributed by atoms with Gasteiger partial charge in [0.25, 0.3) is 0 Å². The first-order valence-electron chi connectivity index (χ1n) is 7.67. The molecule has 0 bridgehead atoms. The second-order valence-electron chi connectivity index (χ2n) is 5.96. The lowest BCUT2D eigenvalue weighted by Gasteiger charge is -2.36. The predicted molar refractivity (Wildman–Crippen MR) is 78.0 cm³/mol. The van der Waals surface area contributed by atoms with Gasteiger partial charge in [0.2, 0.25) is 0 Å². The third kappa shape index (κ3) is 3.56. The highest BCUT2D eigenvalue weighted by Gasteiger charge is 2.26. The van der Waals surface area contributed by atoms with Crippen LogP contribution in [0.15, 0.2) is 18.3 Å². The molecule has 0 aromatic carbocycles. The summed E-state index contributed by atoms with van der Waals surface area (Å²) in [6.45, 7) is 3.22. The number of hydrogen-bond donors (Lipinski definition) is 1. The number of aromatic nitrogens is 1. The van der Waals surface area contributed by atoms with Crippen LogP contribution in [0.25, 0.3) is 0 Å². The maximum absolute atomic E-state index is 8.94. The summed E-state index contributed by atoms with van der Waals surface area (Å²) in [6, 6.07) is 7.49. The Kier molecular flexibility index (Phi) is 4.29. The van der Waals surface area contributed by atoms with Crippen LogP contribution in [0, 0.1) is 11.3 Å². The number of nitrogens with zero attached hydrogens (tertiary/aromatic N) is 3. The van der Waals surface area contributed by atoms with Crippen LogP contribution >= 0.6 is 0 Å². The minimum atomic E-state index is 0.521. The number of rotatable bonds is 5. The van der Waals surface area contributed by atoms with Gasteiger partial charge in [-0.05, 0) is 49.9 Å². The predicted octanol–water partition coefficient (Wildman–Crippen LogP) is 2.06. The zero-order valence-corrected chi connectivity index (χ0v) is 11.9. The molecule has 1 aliphatic carbocycles. The van der Waals surface area contributed by atoms with Crippen molar-refractivity contribution in [1.82, 2.24) is 15.2 Å². The largest absolute Gasteiger partial charge is 0.312 e. The Hall–Kier alpha value is -1.44. The highest BCUT2D eigenvalue weighted by atomic mass is 15.2. The van der Waals surface area contributed by atoms with Gasteiger partial charge in [-0.3, -0.25) is 4.90 Å². The second kappa shape index (κ2) is 6.34. The fourth-order valence-electron chi connectivity index (χ4n) is 2.96. The fourth-order valence-corrected chi connectivity index (χ4v) is 2.96. The van der Waals surface area contributed by atoms with E-state index in [9.17, 15) is 0 Å². The molecule has 0 amide bonds. The van der Waals surface area contributed by atoms with Gasteiger partial charge in [0.1, 0.15) is 11.8 Å². The average molecular weight is 270 g/mol. The molecule has 1 saturated heterocycles. The van der Waals surface area contributed by atoms with E-state index in [0.29, 0.717) is 11.7 Å². The number of likely N-dealkylation sites (tertiary alicyclic amines) is 1. The van der Waals surface area contributed by atoms with Gasteiger partial charge in [-0.15, -0.1) is 0 Å². The molecule has 1 N–H and O–H groups in total. The van der Waals surface area contributed by atoms with Crippen molar-refractivity contribution in [2.45, 2.75) is 50.7 Å². The normalized spacial score (nSPS) is 23.4. The molecule has 1 aliphatic heterocycles. The molecule has 4 nitrogen and oxygen atoms in total. The molecule has 3 rings (SSSR count). The highest BCUT2D eigenvalue weighted by Crippen LogP contribution is 2.22. The Labute approximate surface area is 120 Å². The van der Waals surface area contributed by atoms with E-state index < -0.39 is 0 Å². The van der Waals surface area contributed by atoms with Crippen molar-refractivity contribution in [1.29, 1.82) is 5.26 Å². The third-order valence-electron chi connectivity index (χ3n) is 4.29. The van der Waals surface area contributed by atoms with E-state index in [-0.39, 0.29) is 0 Å². The smallest absolute Gasteiger partial charge is 0.140 e. The van der Waals surface area contributed by atoms with Gasteiger partial charge in [0, 0.05) is 31.4 Å². The van der Waals surface area contributed by atoms with Gasteiger partial charge in [-0.1, -0.05) is 6.42 Å². The molecule has 2 heterocycles. The second-order valence-corrected chi connectivity index (χ2v) is 5.96. The maximum atomic E-state index is 8.94. The Balaban J connectivity index is 1.61.